The summed E-state index contributed by atoms with van der Waals surface area (Å²) in [5.41, 5.74) is 2.57. The van der Waals surface area contributed by atoms with Gasteiger partial charge in [0.2, 0.25) is 10.0 Å². The van der Waals surface area contributed by atoms with Crippen LogP contribution in [-0.2, 0) is 10.0 Å². The van der Waals surface area contributed by atoms with Crippen LogP contribution in [0.5, 0.6) is 0 Å². The van der Waals surface area contributed by atoms with Gasteiger partial charge in [0, 0.05) is 24.0 Å². The van der Waals surface area contributed by atoms with Crippen LogP contribution in [0.3, 0.4) is 0 Å². The number of hydrogen-bond acceptors (Lipinski definition) is 3. The summed E-state index contributed by atoms with van der Waals surface area (Å²) in [6.45, 7) is 2.10. The molecule has 0 saturated heterocycles. The maximum absolute atomic E-state index is 11.4. The zero-order chi connectivity index (χ0) is 17.2. The van der Waals surface area contributed by atoms with Crippen LogP contribution in [0.4, 0.5) is 5.69 Å². The summed E-state index contributed by atoms with van der Waals surface area (Å²) in [6, 6.07) is 17.4. The van der Waals surface area contributed by atoms with E-state index in [-0.39, 0.29) is 5.92 Å². The van der Waals surface area contributed by atoms with Crippen LogP contribution in [0.25, 0.3) is 5.69 Å². The Hall–Kier alpha value is -2.60. The average Bonchev–Trinajstić information content (AvgIpc) is 3.03. The fourth-order valence-corrected chi connectivity index (χ4v) is 3.23. The molecule has 0 bridgehead atoms. The van der Waals surface area contributed by atoms with E-state index in [1.165, 1.54) is 5.56 Å². The smallest absolute Gasteiger partial charge is 0.229 e. The molecule has 0 saturated carbocycles. The molecule has 1 heterocycles. The molecule has 0 unspecified atom stereocenters. The summed E-state index contributed by atoms with van der Waals surface area (Å²) in [7, 11) is -3.31. The molecule has 3 rings (SSSR count). The molecule has 2 aromatic carbocycles. The number of nitrogens with zero attached hydrogens (tertiary/aromatic N) is 2. The summed E-state index contributed by atoms with van der Waals surface area (Å²) in [6.07, 6.45) is 4.78. The van der Waals surface area contributed by atoms with E-state index in [4.69, 9.17) is 0 Å². The van der Waals surface area contributed by atoms with Gasteiger partial charge in [-0.1, -0.05) is 43.3 Å². The van der Waals surface area contributed by atoms with E-state index in [0.717, 1.165) is 17.8 Å². The van der Waals surface area contributed by atoms with Gasteiger partial charge in [0.15, 0.2) is 0 Å². The molecule has 6 heteroatoms. The minimum atomic E-state index is -3.31. The summed E-state index contributed by atoms with van der Waals surface area (Å²) in [4.78, 5) is 4.50. The Balaban J connectivity index is 1.97. The number of sulfonamides is 1. The first-order valence-electron chi connectivity index (χ1n) is 7.60. The molecule has 3 aromatic rings. The number of imidazole rings is 1. The van der Waals surface area contributed by atoms with Crippen molar-refractivity contribution in [1.29, 1.82) is 0 Å². The van der Waals surface area contributed by atoms with Crippen molar-refractivity contribution < 1.29 is 8.42 Å². The molecule has 5 nitrogen and oxygen atoms in total. The van der Waals surface area contributed by atoms with Gasteiger partial charge in [0.05, 0.1) is 11.9 Å². The van der Waals surface area contributed by atoms with E-state index in [1.54, 1.807) is 18.3 Å². The largest absolute Gasteiger partial charge is 0.303 e. The van der Waals surface area contributed by atoms with Gasteiger partial charge >= 0.3 is 0 Å². The van der Waals surface area contributed by atoms with Crippen molar-refractivity contribution in [2.75, 3.05) is 11.0 Å². The van der Waals surface area contributed by atoms with Crippen LogP contribution >= 0.6 is 0 Å². The average molecular weight is 341 g/mol. The minimum absolute atomic E-state index is 0.118. The van der Waals surface area contributed by atoms with Gasteiger partial charge in [-0.25, -0.2) is 13.4 Å². The lowest BCUT2D eigenvalue weighted by molar-refractivity contribution is 0.607. The predicted octanol–water partition coefficient (Wildman–Crippen LogP) is 3.40. The van der Waals surface area contributed by atoms with E-state index in [2.05, 4.69) is 28.8 Å². The van der Waals surface area contributed by atoms with Crippen molar-refractivity contribution in [3.8, 4) is 5.69 Å². The lowest BCUT2D eigenvalue weighted by Crippen LogP contribution is -2.10. The van der Waals surface area contributed by atoms with E-state index in [0.29, 0.717) is 5.69 Å². The molecule has 0 aliphatic rings. The van der Waals surface area contributed by atoms with Crippen molar-refractivity contribution in [1.82, 2.24) is 9.55 Å². The van der Waals surface area contributed by atoms with Crippen molar-refractivity contribution in [3.63, 3.8) is 0 Å². The van der Waals surface area contributed by atoms with Gasteiger partial charge < -0.3 is 4.57 Å². The summed E-state index contributed by atoms with van der Waals surface area (Å²) in [5.74, 6) is 1.02. The molecule has 0 fully saturated rings. The third kappa shape index (κ3) is 3.65. The first kappa shape index (κ1) is 16.3. The fourth-order valence-electron chi connectivity index (χ4n) is 2.68. The van der Waals surface area contributed by atoms with Gasteiger partial charge in [0.1, 0.15) is 5.82 Å². The quantitative estimate of drug-likeness (QED) is 0.773. The third-order valence-corrected chi connectivity index (χ3v) is 4.39. The number of anilines is 1. The van der Waals surface area contributed by atoms with Crippen LogP contribution in [0.15, 0.2) is 67.0 Å². The fraction of sp³-hybridized carbons (Fsp3) is 0.167. The normalized spacial score (nSPS) is 12.8. The highest BCUT2D eigenvalue weighted by atomic mass is 32.2. The van der Waals surface area contributed by atoms with Gasteiger partial charge in [-0.3, -0.25) is 4.72 Å². The monoisotopic (exact) mass is 341 g/mol. The molecule has 1 aromatic heterocycles. The second kappa shape index (κ2) is 6.49. The molecule has 24 heavy (non-hydrogen) atoms. The Morgan fingerprint density at radius 2 is 1.83 bits per heavy atom. The van der Waals surface area contributed by atoms with Crippen molar-refractivity contribution >= 4 is 15.7 Å². The second-order valence-corrected chi connectivity index (χ2v) is 7.46. The van der Waals surface area contributed by atoms with E-state index >= 15 is 0 Å². The second-order valence-electron chi connectivity index (χ2n) is 5.71. The first-order chi connectivity index (χ1) is 11.4. The van der Waals surface area contributed by atoms with E-state index < -0.39 is 10.0 Å². The summed E-state index contributed by atoms with van der Waals surface area (Å²) < 4.78 is 27.3. The topological polar surface area (TPSA) is 64.0 Å². The van der Waals surface area contributed by atoms with E-state index in [1.807, 2.05) is 41.1 Å². The van der Waals surface area contributed by atoms with Gasteiger partial charge in [-0.15, -0.1) is 0 Å². The minimum Gasteiger partial charge on any atom is -0.303 e. The van der Waals surface area contributed by atoms with Gasteiger partial charge in [-0.05, 0) is 23.8 Å². The zero-order valence-electron chi connectivity index (χ0n) is 13.5. The SMILES string of the molecule is C[C@H](c1ccccc1)c1nccn1-c1cccc(NS(C)(=O)=O)c1. The van der Waals surface area contributed by atoms with Crippen molar-refractivity contribution in [2.45, 2.75) is 12.8 Å². The highest BCUT2D eigenvalue weighted by molar-refractivity contribution is 7.92. The molecule has 0 aliphatic heterocycles. The van der Waals surface area contributed by atoms with Crippen LogP contribution in [0.1, 0.15) is 24.2 Å². The molecule has 0 radical (unpaired) electrons. The number of nitrogens with one attached hydrogen (secondary N) is 1. The van der Waals surface area contributed by atoms with Gasteiger partial charge in [0.25, 0.3) is 0 Å². The summed E-state index contributed by atoms with van der Waals surface area (Å²) in [5, 5.41) is 0. The molecule has 124 valence electrons. The Labute approximate surface area is 142 Å². The molecular formula is C18H19N3O2S. The third-order valence-electron chi connectivity index (χ3n) is 3.78. The van der Waals surface area contributed by atoms with Gasteiger partial charge in [-0.2, -0.15) is 0 Å². The molecule has 0 aliphatic carbocycles. The Bertz CT molecular complexity index is 934. The number of rotatable bonds is 5. The van der Waals surface area contributed by atoms with Crippen LogP contribution in [0, 0.1) is 0 Å². The zero-order valence-corrected chi connectivity index (χ0v) is 14.4. The maximum Gasteiger partial charge on any atom is 0.229 e. The maximum atomic E-state index is 11.4. The summed E-state index contributed by atoms with van der Waals surface area (Å²) >= 11 is 0. The lowest BCUT2D eigenvalue weighted by Gasteiger charge is -2.15. The Kier molecular flexibility index (Phi) is 4.40. The van der Waals surface area contributed by atoms with Crippen molar-refractivity contribution in [3.05, 3.63) is 78.4 Å². The van der Waals surface area contributed by atoms with Crippen molar-refractivity contribution in [2.24, 2.45) is 0 Å². The molecular weight excluding hydrogens is 322 g/mol. The van der Waals surface area contributed by atoms with Crippen LogP contribution < -0.4 is 4.72 Å². The van der Waals surface area contributed by atoms with Crippen LogP contribution in [0.2, 0.25) is 0 Å². The predicted molar refractivity (Wildman–Crippen MR) is 96.0 cm³/mol. The highest BCUT2D eigenvalue weighted by Crippen LogP contribution is 2.26. The number of benzene rings is 2. The van der Waals surface area contributed by atoms with Crippen LogP contribution in [-0.4, -0.2) is 24.2 Å². The first-order valence-corrected chi connectivity index (χ1v) is 9.49. The Morgan fingerprint density at radius 3 is 2.54 bits per heavy atom. The van der Waals surface area contributed by atoms with E-state index in [9.17, 15) is 8.42 Å². The Morgan fingerprint density at radius 1 is 1.08 bits per heavy atom. The molecule has 1 N–H and O–H groups in total. The number of aromatic nitrogens is 2. The molecule has 1 atom stereocenters. The molecule has 0 spiro atoms. The number of hydrogen-bond donors (Lipinski definition) is 1. The molecule has 0 amide bonds. The lowest BCUT2D eigenvalue weighted by atomic mass is 10.0. The highest BCUT2D eigenvalue weighted by Gasteiger charge is 2.15. The standard InChI is InChI=1S/C18H19N3O2S/c1-14(15-7-4-3-5-8-15)18-19-11-12-21(18)17-10-6-9-16(13-17)20-24(2,22)23/h3-14,20H,1-2H3/t14-/m1/s1.